The van der Waals surface area contributed by atoms with Gasteiger partial charge in [-0.1, -0.05) is 18.6 Å². The van der Waals surface area contributed by atoms with Crippen molar-refractivity contribution >= 4 is 11.6 Å². The number of carbonyl (C=O) groups excluding carboxylic acids is 1. The average molecular weight is 284 g/mol. The lowest BCUT2D eigenvalue weighted by atomic mass is 10.1. The summed E-state index contributed by atoms with van der Waals surface area (Å²) in [5, 5.41) is 15.0. The SMILES string of the molecule is O=C1Nc2ccccc2-n2nnnc2[C@@H]1N1CCCCC1. The monoisotopic (exact) mass is 284 g/mol. The number of carbonyl (C=O) groups is 1. The molecule has 1 aromatic carbocycles. The Morgan fingerprint density at radius 2 is 1.95 bits per heavy atom. The third-order valence-corrected chi connectivity index (χ3v) is 4.13. The highest BCUT2D eigenvalue weighted by molar-refractivity contribution is 5.98. The lowest BCUT2D eigenvalue weighted by Gasteiger charge is -2.31. The van der Waals surface area contributed by atoms with Gasteiger partial charge in [0.25, 0.3) is 0 Å². The topological polar surface area (TPSA) is 75.9 Å². The predicted molar refractivity (Wildman–Crippen MR) is 75.9 cm³/mol. The second-order valence-electron chi connectivity index (χ2n) is 5.45. The molecule has 0 spiro atoms. The van der Waals surface area contributed by atoms with E-state index in [1.807, 2.05) is 24.3 Å². The van der Waals surface area contributed by atoms with Crippen LogP contribution in [0.2, 0.25) is 0 Å². The van der Waals surface area contributed by atoms with Crippen molar-refractivity contribution in [1.29, 1.82) is 0 Å². The molecule has 21 heavy (non-hydrogen) atoms. The van der Waals surface area contributed by atoms with Gasteiger partial charge < -0.3 is 5.32 Å². The van der Waals surface area contributed by atoms with E-state index in [0.29, 0.717) is 5.82 Å². The minimum atomic E-state index is -0.423. The summed E-state index contributed by atoms with van der Waals surface area (Å²) in [5.74, 6) is 0.539. The Labute approximate surface area is 121 Å². The van der Waals surface area contributed by atoms with Gasteiger partial charge in [-0.15, -0.1) is 5.10 Å². The summed E-state index contributed by atoms with van der Waals surface area (Å²) in [7, 11) is 0. The quantitative estimate of drug-likeness (QED) is 0.850. The molecular formula is C14H16N6O. The van der Waals surface area contributed by atoms with E-state index in [0.717, 1.165) is 37.3 Å². The number of anilines is 1. The van der Waals surface area contributed by atoms with Gasteiger partial charge >= 0.3 is 0 Å². The fourth-order valence-electron chi connectivity index (χ4n) is 3.12. The third-order valence-electron chi connectivity index (χ3n) is 4.13. The zero-order valence-corrected chi connectivity index (χ0v) is 11.6. The van der Waals surface area contributed by atoms with Crippen LogP contribution in [0, 0.1) is 0 Å². The third kappa shape index (κ3) is 2.01. The molecule has 4 rings (SSSR count). The number of piperidine rings is 1. The molecule has 0 aliphatic carbocycles. The van der Waals surface area contributed by atoms with Gasteiger partial charge in [-0.05, 0) is 48.5 Å². The summed E-state index contributed by atoms with van der Waals surface area (Å²) in [6.45, 7) is 1.81. The number of fused-ring (bicyclic) bond motifs is 3. The molecule has 1 amide bonds. The predicted octanol–water partition coefficient (Wildman–Crippen LogP) is 1.14. The van der Waals surface area contributed by atoms with Gasteiger partial charge in [-0.25, -0.2) is 0 Å². The molecule has 7 nitrogen and oxygen atoms in total. The molecule has 3 heterocycles. The van der Waals surface area contributed by atoms with Crippen molar-refractivity contribution in [1.82, 2.24) is 25.1 Å². The van der Waals surface area contributed by atoms with Crippen LogP contribution in [0.25, 0.3) is 5.69 Å². The van der Waals surface area contributed by atoms with Gasteiger partial charge in [0.2, 0.25) is 5.91 Å². The zero-order chi connectivity index (χ0) is 14.2. The van der Waals surface area contributed by atoms with Crippen LogP contribution >= 0.6 is 0 Å². The number of nitrogens with zero attached hydrogens (tertiary/aromatic N) is 5. The molecule has 0 saturated carbocycles. The van der Waals surface area contributed by atoms with Crippen LogP contribution in [0.4, 0.5) is 5.69 Å². The van der Waals surface area contributed by atoms with E-state index in [2.05, 4.69) is 25.7 Å². The summed E-state index contributed by atoms with van der Waals surface area (Å²) in [6.07, 6.45) is 3.44. The number of likely N-dealkylation sites (tertiary alicyclic amines) is 1. The lowest BCUT2D eigenvalue weighted by molar-refractivity contribution is -0.122. The number of hydrogen-bond acceptors (Lipinski definition) is 5. The van der Waals surface area contributed by atoms with E-state index in [9.17, 15) is 4.79 Å². The molecule has 1 fully saturated rings. The van der Waals surface area contributed by atoms with E-state index >= 15 is 0 Å². The first-order valence-electron chi connectivity index (χ1n) is 7.27. The Morgan fingerprint density at radius 3 is 2.81 bits per heavy atom. The number of tetrazole rings is 1. The number of hydrogen-bond donors (Lipinski definition) is 1. The number of amides is 1. The van der Waals surface area contributed by atoms with E-state index in [1.54, 1.807) is 4.68 Å². The molecule has 1 aromatic heterocycles. The summed E-state index contributed by atoms with van der Waals surface area (Å²) < 4.78 is 1.67. The van der Waals surface area contributed by atoms with Crippen molar-refractivity contribution in [3.8, 4) is 5.69 Å². The molecule has 0 bridgehead atoms. The van der Waals surface area contributed by atoms with E-state index < -0.39 is 6.04 Å². The summed E-state index contributed by atoms with van der Waals surface area (Å²) >= 11 is 0. The van der Waals surface area contributed by atoms with Crippen LogP contribution in [0.15, 0.2) is 24.3 Å². The van der Waals surface area contributed by atoms with Crippen LogP contribution in [0.5, 0.6) is 0 Å². The second kappa shape index (κ2) is 4.92. The van der Waals surface area contributed by atoms with E-state index in [-0.39, 0.29) is 5.91 Å². The fraction of sp³-hybridized carbons (Fsp3) is 0.429. The van der Waals surface area contributed by atoms with Crippen LogP contribution in [-0.4, -0.2) is 44.1 Å². The Balaban J connectivity index is 1.82. The second-order valence-corrected chi connectivity index (χ2v) is 5.45. The molecule has 1 atom stereocenters. The van der Waals surface area contributed by atoms with Crippen LogP contribution < -0.4 is 5.32 Å². The highest BCUT2D eigenvalue weighted by Gasteiger charge is 2.36. The Kier molecular flexibility index (Phi) is 2.92. The van der Waals surface area contributed by atoms with E-state index in [1.165, 1.54) is 6.42 Å². The van der Waals surface area contributed by atoms with Crippen molar-refractivity contribution in [2.24, 2.45) is 0 Å². The first kappa shape index (κ1) is 12.5. The molecule has 0 unspecified atom stereocenters. The number of para-hydroxylation sites is 2. The van der Waals surface area contributed by atoms with Crippen molar-refractivity contribution in [3.05, 3.63) is 30.1 Å². The van der Waals surface area contributed by atoms with Gasteiger partial charge in [0.05, 0.1) is 11.4 Å². The molecule has 108 valence electrons. The fourth-order valence-corrected chi connectivity index (χ4v) is 3.12. The normalized spacial score (nSPS) is 22.1. The lowest BCUT2D eigenvalue weighted by Crippen LogP contribution is -2.40. The molecule has 2 aliphatic rings. The Bertz CT molecular complexity index is 676. The van der Waals surface area contributed by atoms with Gasteiger partial charge in [0.15, 0.2) is 11.9 Å². The van der Waals surface area contributed by atoms with Gasteiger partial charge in [0, 0.05) is 0 Å². The molecule has 0 radical (unpaired) electrons. The van der Waals surface area contributed by atoms with Crippen molar-refractivity contribution in [2.45, 2.75) is 25.3 Å². The van der Waals surface area contributed by atoms with Gasteiger partial charge in [-0.2, -0.15) is 4.68 Å². The molecule has 2 aliphatic heterocycles. The maximum Gasteiger partial charge on any atom is 0.249 e. The molecule has 2 aromatic rings. The number of rotatable bonds is 1. The highest BCUT2D eigenvalue weighted by Crippen LogP contribution is 2.31. The minimum absolute atomic E-state index is 0.0575. The summed E-state index contributed by atoms with van der Waals surface area (Å²) in [6, 6.07) is 7.17. The van der Waals surface area contributed by atoms with Crippen LogP contribution in [0.3, 0.4) is 0 Å². The maximum absolute atomic E-state index is 12.7. The first-order chi connectivity index (χ1) is 10.3. The van der Waals surface area contributed by atoms with E-state index in [4.69, 9.17) is 0 Å². The first-order valence-corrected chi connectivity index (χ1v) is 7.27. The number of aromatic nitrogens is 4. The highest BCUT2D eigenvalue weighted by atomic mass is 16.2. The van der Waals surface area contributed by atoms with Crippen molar-refractivity contribution < 1.29 is 4.79 Å². The van der Waals surface area contributed by atoms with Crippen molar-refractivity contribution in [3.63, 3.8) is 0 Å². The zero-order valence-electron chi connectivity index (χ0n) is 11.6. The molecule has 1 saturated heterocycles. The Hall–Kier alpha value is -2.28. The van der Waals surface area contributed by atoms with Gasteiger partial charge in [0.1, 0.15) is 0 Å². The van der Waals surface area contributed by atoms with Crippen LogP contribution in [0.1, 0.15) is 31.1 Å². The number of benzene rings is 1. The average Bonchev–Trinajstić information content (AvgIpc) is 2.94. The van der Waals surface area contributed by atoms with Crippen molar-refractivity contribution in [2.75, 3.05) is 18.4 Å². The smallest absolute Gasteiger partial charge is 0.249 e. The molecule has 7 heteroatoms. The van der Waals surface area contributed by atoms with Gasteiger partial charge in [-0.3, -0.25) is 9.69 Å². The maximum atomic E-state index is 12.7. The standard InChI is InChI=1S/C14H16N6O/c21-14-12(19-8-4-1-5-9-19)13-16-17-18-20(13)11-7-3-2-6-10(11)15-14/h2-3,6-7,12H,1,4-5,8-9H2,(H,15,21)/t12-/m0/s1. The number of nitrogens with one attached hydrogen (secondary N) is 1. The largest absolute Gasteiger partial charge is 0.322 e. The molecule has 1 N–H and O–H groups in total. The minimum Gasteiger partial charge on any atom is -0.322 e. The summed E-state index contributed by atoms with van der Waals surface area (Å²) in [5.41, 5.74) is 1.56. The molecular weight excluding hydrogens is 268 g/mol. The Morgan fingerprint density at radius 1 is 1.14 bits per heavy atom. The summed E-state index contributed by atoms with van der Waals surface area (Å²) in [4.78, 5) is 14.8. The van der Waals surface area contributed by atoms with Crippen LogP contribution in [-0.2, 0) is 4.79 Å².